The molecule has 0 saturated carbocycles. The van der Waals surface area contributed by atoms with Crippen molar-refractivity contribution in [1.82, 2.24) is 0 Å². The smallest absolute Gasteiger partial charge is 0.309 e. The van der Waals surface area contributed by atoms with Crippen LogP contribution in [-0.4, -0.2) is 25.3 Å². The van der Waals surface area contributed by atoms with E-state index in [-0.39, 0.29) is 18.0 Å². The third kappa shape index (κ3) is 4.35. The Morgan fingerprint density at radius 3 is 3.06 bits per heavy atom. The highest BCUT2D eigenvalue weighted by molar-refractivity contribution is 5.74. The molecule has 0 spiro atoms. The van der Waals surface area contributed by atoms with E-state index < -0.39 is 0 Å². The van der Waals surface area contributed by atoms with Crippen LogP contribution in [0.15, 0.2) is 12.7 Å². The number of cyclic esters (lactones) is 1. The second kappa shape index (κ2) is 7.44. The Morgan fingerprint density at radius 1 is 1.56 bits per heavy atom. The SMILES string of the molecule is C=CCC1CC(COCCCCC)OC1=O. The Bertz CT molecular complexity index is 225. The number of hydrogen-bond acceptors (Lipinski definition) is 3. The lowest BCUT2D eigenvalue weighted by molar-refractivity contribution is -0.146. The predicted molar refractivity (Wildman–Crippen MR) is 63.1 cm³/mol. The van der Waals surface area contributed by atoms with Crippen LogP contribution < -0.4 is 0 Å². The molecule has 0 N–H and O–H groups in total. The normalized spacial score (nSPS) is 24.4. The molecule has 0 bridgehead atoms. The Kier molecular flexibility index (Phi) is 6.16. The number of esters is 1. The second-order valence-corrected chi connectivity index (χ2v) is 4.30. The van der Waals surface area contributed by atoms with E-state index in [2.05, 4.69) is 13.5 Å². The molecule has 1 heterocycles. The predicted octanol–water partition coefficient (Wildman–Crippen LogP) is 2.70. The summed E-state index contributed by atoms with van der Waals surface area (Å²) in [5.41, 5.74) is 0. The van der Waals surface area contributed by atoms with E-state index in [1.807, 2.05) is 0 Å². The van der Waals surface area contributed by atoms with Crippen molar-refractivity contribution in [2.45, 2.75) is 45.1 Å². The number of carbonyl (C=O) groups excluding carboxylic acids is 1. The molecule has 1 aliphatic rings. The van der Waals surface area contributed by atoms with Crippen LogP contribution in [0.5, 0.6) is 0 Å². The van der Waals surface area contributed by atoms with Crippen LogP contribution in [0.1, 0.15) is 39.0 Å². The van der Waals surface area contributed by atoms with Crippen molar-refractivity contribution in [3.8, 4) is 0 Å². The maximum Gasteiger partial charge on any atom is 0.309 e. The highest BCUT2D eigenvalue weighted by Crippen LogP contribution is 2.24. The fraction of sp³-hybridized carbons (Fsp3) is 0.769. The quantitative estimate of drug-likeness (QED) is 0.362. The molecule has 0 amide bonds. The molecule has 0 aromatic carbocycles. The average molecular weight is 226 g/mol. The number of allylic oxidation sites excluding steroid dienone is 1. The molecule has 0 aromatic heterocycles. The molecule has 1 rings (SSSR count). The largest absolute Gasteiger partial charge is 0.460 e. The van der Waals surface area contributed by atoms with Crippen molar-refractivity contribution in [1.29, 1.82) is 0 Å². The molecular weight excluding hydrogens is 204 g/mol. The summed E-state index contributed by atoms with van der Waals surface area (Å²) in [4.78, 5) is 11.4. The molecule has 1 saturated heterocycles. The van der Waals surface area contributed by atoms with Gasteiger partial charge in [-0.05, 0) is 12.8 Å². The third-order valence-electron chi connectivity index (χ3n) is 2.81. The molecule has 92 valence electrons. The number of rotatable bonds is 8. The molecule has 0 aromatic rings. The number of ether oxygens (including phenoxy) is 2. The fourth-order valence-corrected chi connectivity index (χ4v) is 1.89. The minimum Gasteiger partial charge on any atom is -0.460 e. The van der Waals surface area contributed by atoms with Gasteiger partial charge in [-0.25, -0.2) is 0 Å². The van der Waals surface area contributed by atoms with Gasteiger partial charge in [0.05, 0.1) is 12.5 Å². The van der Waals surface area contributed by atoms with Gasteiger partial charge in [0, 0.05) is 13.0 Å². The Balaban J connectivity index is 2.10. The van der Waals surface area contributed by atoms with E-state index in [1.165, 1.54) is 12.8 Å². The third-order valence-corrected chi connectivity index (χ3v) is 2.81. The molecule has 0 radical (unpaired) electrons. The topological polar surface area (TPSA) is 35.5 Å². The molecular formula is C13H22O3. The van der Waals surface area contributed by atoms with E-state index in [0.29, 0.717) is 13.0 Å². The summed E-state index contributed by atoms with van der Waals surface area (Å²) < 4.78 is 10.7. The lowest BCUT2D eigenvalue weighted by Crippen LogP contribution is -2.15. The first kappa shape index (κ1) is 13.2. The van der Waals surface area contributed by atoms with Gasteiger partial charge in [0.2, 0.25) is 0 Å². The van der Waals surface area contributed by atoms with Crippen LogP contribution in [0.4, 0.5) is 0 Å². The van der Waals surface area contributed by atoms with Crippen molar-refractivity contribution in [3.05, 3.63) is 12.7 Å². The van der Waals surface area contributed by atoms with Crippen LogP contribution in [-0.2, 0) is 14.3 Å². The minimum absolute atomic E-state index is 0.00161. The van der Waals surface area contributed by atoms with E-state index in [1.54, 1.807) is 6.08 Å². The Labute approximate surface area is 97.8 Å². The van der Waals surface area contributed by atoms with Crippen LogP contribution in [0.2, 0.25) is 0 Å². The molecule has 1 aliphatic heterocycles. The molecule has 2 unspecified atom stereocenters. The monoisotopic (exact) mass is 226 g/mol. The van der Waals surface area contributed by atoms with Crippen LogP contribution in [0.25, 0.3) is 0 Å². The maximum absolute atomic E-state index is 11.4. The lowest BCUT2D eigenvalue weighted by atomic mass is 10.0. The van der Waals surface area contributed by atoms with Crippen LogP contribution >= 0.6 is 0 Å². The summed E-state index contributed by atoms with van der Waals surface area (Å²) in [5, 5.41) is 0. The lowest BCUT2D eigenvalue weighted by Gasteiger charge is -2.09. The zero-order valence-corrected chi connectivity index (χ0v) is 10.1. The Morgan fingerprint density at radius 2 is 2.38 bits per heavy atom. The highest BCUT2D eigenvalue weighted by Gasteiger charge is 2.33. The van der Waals surface area contributed by atoms with E-state index in [4.69, 9.17) is 9.47 Å². The second-order valence-electron chi connectivity index (χ2n) is 4.30. The molecule has 2 atom stereocenters. The first-order valence-electron chi connectivity index (χ1n) is 6.17. The fourth-order valence-electron chi connectivity index (χ4n) is 1.89. The van der Waals surface area contributed by atoms with Gasteiger partial charge in [0.15, 0.2) is 0 Å². The van der Waals surface area contributed by atoms with Crippen molar-refractivity contribution in [2.75, 3.05) is 13.2 Å². The molecule has 16 heavy (non-hydrogen) atoms. The Hall–Kier alpha value is -0.830. The number of carbonyl (C=O) groups is 1. The van der Waals surface area contributed by atoms with Gasteiger partial charge in [0.1, 0.15) is 6.10 Å². The van der Waals surface area contributed by atoms with Gasteiger partial charge >= 0.3 is 5.97 Å². The maximum atomic E-state index is 11.4. The first-order chi connectivity index (χ1) is 7.77. The van der Waals surface area contributed by atoms with Gasteiger partial charge in [-0.1, -0.05) is 25.8 Å². The van der Waals surface area contributed by atoms with Gasteiger partial charge in [-0.15, -0.1) is 6.58 Å². The molecule has 1 fully saturated rings. The van der Waals surface area contributed by atoms with Crippen molar-refractivity contribution in [3.63, 3.8) is 0 Å². The van der Waals surface area contributed by atoms with Crippen molar-refractivity contribution in [2.24, 2.45) is 5.92 Å². The van der Waals surface area contributed by atoms with E-state index in [9.17, 15) is 4.79 Å². The van der Waals surface area contributed by atoms with E-state index in [0.717, 1.165) is 19.4 Å². The van der Waals surface area contributed by atoms with Crippen molar-refractivity contribution < 1.29 is 14.3 Å². The molecule has 3 heteroatoms. The van der Waals surface area contributed by atoms with Gasteiger partial charge in [-0.3, -0.25) is 4.79 Å². The summed E-state index contributed by atoms with van der Waals surface area (Å²) in [6, 6.07) is 0. The zero-order chi connectivity index (χ0) is 11.8. The summed E-state index contributed by atoms with van der Waals surface area (Å²) in [5.74, 6) is -0.0937. The van der Waals surface area contributed by atoms with Crippen LogP contribution in [0, 0.1) is 5.92 Å². The summed E-state index contributed by atoms with van der Waals surface area (Å²) in [6.07, 6.45) is 6.71. The number of unbranched alkanes of at least 4 members (excludes halogenated alkanes) is 2. The summed E-state index contributed by atoms with van der Waals surface area (Å²) in [7, 11) is 0. The highest BCUT2D eigenvalue weighted by atomic mass is 16.6. The summed E-state index contributed by atoms with van der Waals surface area (Å²) in [6.45, 7) is 7.12. The van der Waals surface area contributed by atoms with Crippen molar-refractivity contribution >= 4 is 5.97 Å². The van der Waals surface area contributed by atoms with Gasteiger partial charge in [-0.2, -0.15) is 0 Å². The van der Waals surface area contributed by atoms with E-state index >= 15 is 0 Å². The molecule has 0 aliphatic carbocycles. The average Bonchev–Trinajstić information content (AvgIpc) is 2.60. The summed E-state index contributed by atoms with van der Waals surface area (Å²) >= 11 is 0. The van der Waals surface area contributed by atoms with Gasteiger partial charge in [0.25, 0.3) is 0 Å². The first-order valence-corrected chi connectivity index (χ1v) is 6.17. The standard InChI is InChI=1S/C13H22O3/c1-3-5-6-8-15-10-12-9-11(7-4-2)13(14)16-12/h4,11-12H,2-3,5-10H2,1H3. The zero-order valence-electron chi connectivity index (χ0n) is 10.1. The minimum atomic E-state index is -0.0953. The van der Waals surface area contributed by atoms with Crippen LogP contribution in [0.3, 0.4) is 0 Å². The molecule has 3 nitrogen and oxygen atoms in total. The van der Waals surface area contributed by atoms with Gasteiger partial charge < -0.3 is 9.47 Å². The number of hydrogen-bond donors (Lipinski definition) is 0.